The highest BCUT2D eigenvalue weighted by Crippen LogP contribution is 2.68. The Balaban J connectivity index is 1.54. The molecule has 0 aromatic carbocycles. The van der Waals surface area contributed by atoms with Gasteiger partial charge in [0.1, 0.15) is 5.78 Å². The van der Waals surface area contributed by atoms with Crippen molar-refractivity contribution in [3.8, 4) is 0 Å². The first-order valence-corrected chi connectivity index (χ1v) is 11.6. The molecule has 0 bridgehead atoms. The maximum Gasteiger partial charge on any atom is 0.318 e. The number of rotatable bonds is 4. The first kappa shape index (κ1) is 20.9. The lowest BCUT2D eigenvalue weighted by molar-refractivity contribution is -0.163. The molecule has 29 heavy (non-hydrogen) atoms. The van der Waals surface area contributed by atoms with Gasteiger partial charge in [0.15, 0.2) is 5.92 Å². The zero-order valence-electron chi connectivity index (χ0n) is 18.0. The van der Waals surface area contributed by atoms with Gasteiger partial charge in [-0.05, 0) is 105 Å². The SMILES string of the molecule is CC(=O)[C@H]1CCC2C3CC[C@@H]4C[C@H](C(C(=O)O)C(=O)O)CC[C@]4(C)C3CC[C@@]21C. The van der Waals surface area contributed by atoms with Crippen LogP contribution in [0, 0.1) is 52.3 Å². The lowest BCUT2D eigenvalue weighted by Crippen LogP contribution is -2.54. The molecule has 4 rings (SSSR count). The molecule has 162 valence electrons. The molecule has 0 saturated heterocycles. The maximum absolute atomic E-state index is 12.3. The first-order chi connectivity index (χ1) is 13.6. The van der Waals surface area contributed by atoms with Gasteiger partial charge in [-0.1, -0.05) is 13.8 Å². The number of fused-ring (bicyclic) bond motifs is 5. The predicted molar refractivity (Wildman–Crippen MR) is 108 cm³/mol. The molecule has 5 heteroatoms. The van der Waals surface area contributed by atoms with Gasteiger partial charge in [-0.2, -0.15) is 0 Å². The molecular formula is C24H36O5. The summed E-state index contributed by atoms with van der Waals surface area (Å²) in [6.07, 6.45) is 9.14. The standard InChI is InChI=1S/C24H36O5/c1-13(25)17-6-7-18-16-5-4-15-12-14(20(21(26)27)22(28)29)8-10-23(15,2)19(16)9-11-24(17,18)3/h14-20H,4-12H2,1-3H3,(H,26,27)(H,28,29)/t14-,15-,16?,17-,18?,19?,23+,24-/m1/s1. The first-order valence-electron chi connectivity index (χ1n) is 11.6. The van der Waals surface area contributed by atoms with Crippen molar-refractivity contribution in [2.24, 2.45) is 52.3 Å². The van der Waals surface area contributed by atoms with Gasteiger partial charge in [0.25, 0.3) is 0 Å². The van der Waals surface area contributed by atoms with E-state index in [-0.39, 0.29) is 22.7 Å². The lowest BCUT2D eigenvalue weighted by atomic mass is 9.44. The minimum Gasteiger partial charge on any atom is -0.481 e. The highest BCUT2D eigenvalue weighted by molar-refractivity contribution is 5.93. The monoisotopic (exact) mass is 404 g/mol. The number of ketones is 1. The van der Waals surface area contributed by atoms with Gasteiger partial charge in [0, 0.05) is 5.92 Å². The van der Waals surface area contributed by atoms with Crippen molar-refractivity contribution in [3.05, 3.63) is 0 Å². The average molecular weight is 405 g/mol. The molecule has 0 amide bonds. The van der Waals surface area contributed by atoms with Crippen molar-refractivity contribution in [3.63, 3.8) is 0 Å². The van der Waals surface area contributed by atoms with Crippen LogP contribution in [0.25, 0.3) is 0 Å². The molecular weight excluding hydrogens is 368 g/mol. The van der Waals surface area contributed by atoms with E-state index >= 15 is 0 Å². The molecule has 5 nitrogen and oxygen atoms in total. The summed E-state index contributed by atoms with van der Waals surface area (Å²) < 4.78 is 0. The Bertz CT molecular complexity index is 702. The summed E-state index contributed by atoms with van der Waals surface area (Å²) >= 11 is 0. The van der Waals surface area contributed by atoms with Crippen molar-refractivity contribution in [1.82, 2.24) is 0 Å². The predicted octanol–water partition coefficient (Wildman–Crippen LogP) is 4.64. The van der Waals surface area contributed by atoms with E-state index < -0.39 is 17.9 Å². The van der Waals surface area contributed by atoms with E-state index in [4.69, 9.17) is 0 Å². The third-order valence-corrected chi connectivity index (χ3v) is 10.2. The quantitative estimate of drug-likeness (QED) is 0.666. The van der Waals surface area contributed by atoms with E-state index in [1.165, 1.54) is 12.8 Å². The summed E-state index contributed by atoms with van der Waals surface area (Å²) in [7, 11) is 0. The molecule has 4 saturated carbocycles. The number of carboxylic acids is 2. The van der Waals surface area contributed by atoms with E-state index in [1.807, 2.05) is 0 Å². The van der Waals surface area contributed by atoms with E-state index in [2.05, 4.69) is 13.8 Å². The van der Waals surface area contributed by atoms with Gasteiger partial charge in [-0.25, -0.2) is 0 Å². The highest BCUT2D eigenvalue weighted by Gasteiger charge is 2.61. The Morgan fingerprint density at radius 3 is 2.07 bits per heavy atom. The maximum atomic E-state index is 12.3. The Kier molecular flexibility index (Phi) is 5.10. The summed E-state index contributed by atoms with van der Waals surface area (Å²) in [4.78, 5) is 35.4. The molecule has 0 spiro atoms. The van der Waals surface area contributed by atoms with E-state index in [0.717, 1.165) is 38.5 Å². The second-order valence-corrected chi connectivity index (χ2v) is 11.1. The van der Waals surface area contributed by atoms with Crippen LogP contribution < -0.4 is 0 Å². The Morgan fingerprint density at radius 1 is 0.828 bits per heavy atom. The number of carbonyl (C=O) groups is 3. The second kappa shape index (κ2) is 7.09. The fourth-order valence-corrected chi connectivity index (χ4v) is 8.77. The van der Waals surface area contributed by atoms with Crippen LogP contribution in [0.1, 0.15) is 78.6 Å². The molecule has 0 aliphatic heterocycles. The lowest BCUT2D eigenvalue weighted by Gasteiger charge is -2.61. The third kappa shape index (κ3) is 3.06. The van der Waals surface area contributed by atoms with Crippen molar-refractivity contribution >= 4 is 17.7 Å². The van der Waals surface area contributed by atoms with Gasteiger partial charge in [0.05, 0.1) is 0 Å². The number of hydrogen-bond donors (Lipinski definition) is 2. The number of Topliss-reactive ketones (excluding diaryl/α,β-unsaturated/α-hetero) is 1. The van der Waals surface area contributed by atoms with Crippen LogP contribution in [-0.4, -0.2) is 27.9 Å². The number of aliphatic carboxylic acids is 2. The van der Waals surface area contributed by atoms with Crippen LogP contribution in [-0.2, 0) is 14.4 Å². The van der Waals surface area contributed by atoms with Crippen molar-refractivity contribution in [1.29, 1.82) is 0 Å². The Labute approximate surface area is 173 Å². The summed E-state index contributed by atoms with van der Waals surface area (Å²) in [5.41, 5.74) is 0.349. The second-order valence-electron chi connectivity index (χ2n) is 11.1. The van der Waals surface area contributed by atoms with Crippen molar-refractivity contribution < 1.29 is 24.6 Å². The number of carbonyl (C=O) groups excluding carboxylic acids is 1. The van der Waals surface area contributed by atoms with Crippen molar-refractivity contribution in [2.75, 3.05) is 0 Å². The normalized spacial score (nSPS) is 46.5. The fourth-order valence-electron chi connectivity index (χ4n) is 8.77. The molecule has 4 aliphatic carbocycles. The number of hydrogen-bond acceptors (Lipinski definition) is 3. The van der Waals surface area contributed by atoms with E-state index in [9.17, 15) is 24.6 Å². The van der Waals surface area contributed by atoms with Gasteiger partial charge >= 0.3 is 11.9 Å². The minimum absolute atomic E-state index is 0.158. The Hall–Kier alpha value is -1.39. The zero-order valence-corrected chi connectivity index (χ0v) is 18.0. The molecule has 4 aliphatic rings. The average Bonchev–Trinajstić information content (AvgIpc) is 2.98. The molecule has 0 radical (unpaired) electrons. The topological polar surface area (TPSA) is 91.7 Å². The highest BCUT2D eigenvalue weighted by atomic mass is 16.4. The molecule has 3 unspecified atom stereocenters. The third-order valence-electron chi connectivity index (χ3n) is 10.2. The molecule has 4 fully saturated rings. The molecule has 0 aromatic heterocycles. The smallest absolute Gasteiger partial charge is 0.318 e. The van der Waals surface area contributed by atoms with Crippen molar-refractivity contribution in [2.45, 2.75) is 78.6 Å². The van der Waals surface area contributed by atoms with Crippen LogP contribution in [0.2, 0.25) is 0 Å². The van der Waals surface area contributed by atoms with Crippen LogP contribution >= 0.6 is 0 Å². The minimum atomic E-state index is -1.27. The summed E-state index contributed by atoms with van der Waals surface area (Å²) in [6, 6.07) is 0. The Morgan fingerprint density at radius 2 is 1.45 bits per heavy atom. The van der Waals surface area contributed by atoms with Gasteiger partial charge in [-0.3, -0.25) is 14.4 Å². The molecule has 8 atom stereocenters. The van der Waals surface area contributed by atoms with Crippen LogP contribution in [0.15, 0.2) is 0 Å². The number of carboxylic acid groups (broad SMARTS) is 2. The molecule has 0 aromatic rings. The van der Waals surface area contributed by atoms with E-state index in [0.29, 0.717) is 35.9 Å². The molecule has 0 heterocycles. The fraction of sp³-hybridized carbons (Fsp3) is 0.875. The van der Waals surface area contributed by atoms with Crippen LogP contribution in [0.4, 0.5) is 0 Å². The summed E-state index contributed by atoms with van der Waals surface area (Å²) in [5, 5.41) is 18.9. The van der Waals surface area contributed by atoms with Gasteiger partial charge < -0.3 is 10.2 Å². The van der Waals surface area contributed by atoms with Gasteiger partial charge in [0.2, 0.25) is 0 Å². The largest absolute Gasteiger partial charge is 0.481 e. The van der Waals surface area contributed by atoms with Crippen LogP contribution in [0.5, 0.6) is 0 Å². The molecule has 2 N–H and O–H groups in total. The summed E-state index contributed by atoms with van der Waals surface area (Å²) in [6.45, 7) is 6.54. The summed E-state index contributed by atoms with van der Waals surface area (Å²) in [5.74, 6) is -0.924. The van der Waals surface area contributed by atoms with Gasteiger partial charge in [-0.15, -0.1) is 0 Å². The van der Waals surface area contributed by atoms with Crippen LogP contribution in [0.3, 0.4) is 0 Å². The zero-order chi connectivity index (χ0) is 21.1. The van der Waals surface area contributed by atoms with E-state index in [1.54, 1.807) is 6.92 Å².